The highest BCUT2D eigenvalue weighted by Crippen LogP contribution is 2.26. The lowest BCUT2D eigenvalue weighted by molar-refractivity contribution is -0.0504. The Bertz CT molecular complexity index is 737. The Hall–Kier alpha value is -2.42. The van der Waals surface area contributed by atoms with E-state index in [2.05, 4.69) is 25.3 Å². The lowest BCUT2D eigenvalue weighted by atomic mass is 10.2. The number of nitrogens with one attached hydrogen (secondary N) is 2. The molecule has 142 valence electrons. The third-order valence-electron chi connectivity index (χ3n) is 3.31. The Morgan fingerprint density at radius 2 is 2.15 bits per heavy atom. The van der Waals surface area contributed by atoms with E-state index in [4.69, 9.17) is 4.74 Å². The van der Waals surface area contributed by atoms with E-state index in [0.29, 0.717) is 30.4 Å². The first kappa shape index (κ1) is 19.9. The predicted octanol–water partition coefficient (Wildman–Crippen LogP) is 3.32. The zero-order valence-corrected chi connectivity index (χ0v) is 15.7. The summed E-state index contributed by atoms with van der Waals surface area (Å²) in [6.45, 7) is 2.40. The Labute approximate surface area is 155 Å². The molecular formula is C17H22F2N4O2S. The van der Waals surface area contributed by atoms with Crippen LogP contribution in [0.25, 0.3) is 0 Å². The van der Waals surface area contributed by atoms with Crippen molar-refractivity contribution in [2.75, 3.05) is 13.7 Å². The normalized spacial score (nSPS) is 11.5. The van der Waals surface area contributed by atoms with Crippen LogP contribution in [0.15, 0.2) is 29.4 Å². The number of hydrogen-bond donors (Lipinski definition) is 2. The number of nitrogens with zero attached hydrogens (tertiary/aromatic N) is 2. The van der Waals surface area contributed by atoms with E-state index in [9.17, 15) is 8.78 Å². The fraction of sp³-hybridized carbons (Fsp3) is 0.412. The number of rotatable bonds is 8. The first-order valence-corrected chi connectivity index (χ1v) is 8.88. The minimum absolute atomic E-state index is 0.0796. The van der Waals surface area contributed by atoms with Gasteiger partial charge >= 0.3 is 6.61 Å². The monoisotopic (exact) mass is 384 g/mol. The summed E-state index contributed by atoms with van der Waals surface area (Å²) in [4.78, 5) is 9.86. The molecule has 1 heterocycles. The molecule has 0 unspecified atom stereocenters. The zero-order chi connectivity index (χ0) is 18.9. The summed E-state index contributed by atoms with van der Waals surface area (Å²) >= 11 is 1.60. The highest BCUT2D eigenvalue weighted by Gasteiger charge is 2.11. The number of benzene rings is 1. The number of aromatic nitrogens is 1. The molecule has 0 spiro atoms. The number of methoxy groups -OCH3 is 1. The van der Waals surface area contributed by atoms with Crippen molar-refractivity contribution in [2.24, 2.45) is 4.99 Å². The van der Waals surface area contributed by atoms with E-state index in [1.807, 2.05) is 20.0 Å². The van der Waals surface area contributed by atoms with Crippen LogP contribution in [0, 0.1) is 6.92 Å². The van der Waals surface area contributed by atoms with Crippen LogP contribution in [-0.4, -0.2) is 31.2 Å². The molecule has 0 saturated heterocycles. The van der Waals surface area contributed by atoms with Crippen molar-refractivity contribution in [1.82, 2.24) is 15.6 Å². The van der Waals surface area contributed by atoms with Crippen molar-refractivity contribution in [3.63, 3.8) is 0 Å². The number of halogens is 2. The summed E-state index contributed by atoms with van der Waals surface area (Å²) in [7, 11) is 1.51. The van der Waals surface area contributed by atoms with E-state index in [-0.39, 0.29) is 12.3 Å². The molecule has 2 rings (SSSR count). The smallest absolute Gasteiger partial charge is 0.387 e. The van der Waals surface area contributed by atoms with Gasteiger partial charge in [-0.15, -0.1) is 11.3 Å². The van der Waals surface area contributed by atoms with Gasteiger partial charge in [-0.1, -0.05) is 0 Å². The van der Waals surface area contributed by atoms with Gasteiger partial charge < -0.3 is 20.1 Å². The molecule has 6 nitrogen and oxygen atoms in total. The van der Waals surface area contributed by atoms with Gasteiger partial charge in [0.1, 0.15) is 16.5 Å². The van der Waals surface area contributed by atoms with Crippen molar-refractivity contribution in [3.8, 4) is 11.5 Å². The number of hydrogen-bond acceptors (Lipinski definition) is 5. The highest BCUT2D eigenvalue weighted by atomic mass is 32.1. The number of aryl methyl sites for hydroxylation is 1. The molecule has 1 aromatic carbocycles. The fourth-order valence-electron chi connectivity index (χ4n) is 2.17. The fourth-order valence-corrected chi connectivity index (χ4v) is 2.89. The lowest BCUT2D eigenvalue weighted by Crippen LogP contribution is -2.36. The molecule has 2 aromatic rings. The van der Waals surface area contributed by atoms with Crippen LogP contribution in [0.3, 0.4) is 0 Å². The molecule has 0 saturated carbocycles. The number of ether oxygens (including phenoxy) is 2. The Kier molecular flexibility index (Phi) is 7.58. The van der Waals surface area contributed by atoms with Gasteiger partial charge in [0, 0.05) is 23.2 Å². The Balaban J connectivity index is 2.11. The molecular weight excluding hydrogens is 362 g/mol. The van der Waals surface area contributed by atoms with Crippen LogP contribution in [-0.2, 0) is 13.1 Å². The Morgan fingerprint density at radius 1 is 1.35 bits per heavy atom. The van der Waals surface area contributed by atoms with Gasteiger partial charge in [0.25, 0.3) is 0 Å². The van der Waals surface area contributed by atoms with E-state index in [0.717, 1.165) is 9.88 Å². The van der Waals surface area contributed by atoms with Gasteiger partial charge in [0.15, 0.2) is 5.96 Å². The van der Waals surface area contributed by atoms with E-state index < -0.39 is 6.61 Å². The first-order chi connectivity index (χ1) is 12.5. The van der Waals surface area contributed by atoms with Crippen LogP contribution in [0.1, 0.15) is 22.4 Å². The lowest BCUT2D eigenvalue weighted by Gasteiger charge is -2.13. The number of alkyl halides is 2. The van der Waals surface area contributed by atoms with Crippen LogP contribution in [0.2, 0.25) is 0 Å². The van der Waals surface area contributed by atoms with Crippen LogP contribution >= 0.6 is 11.3 Å². The van der Waals surface area contributed by atoms with Crippen molar-refractivity contribution < 1.29 is 18.3 Å². The summed E-state index contributed by atoms with van der Waals surface area (Å²) in [5, 5.41) is 7.23. The summed E-state index contributed by atoms with van der Waals surface area (Å²) in [6, 6.07) is 4.66. The standard InChI is InChI=1S/C17H22F2N4O2S/c1-4-20-17(23-10-15-21-8-11(2)26-15)22-9-12-7-13(24-3)5-6-14(12)25-16(18)19/h5-8,16H,4,9-10H2,1-3H3,(H2,20,22,23). The molecule has 0 aliphatic heterocycles. The molecule has 0 fully saturated rings. The molecule has 0 radical (unpaired) electrons. The average molecular weight is 384 g/mol. The molecule has 9 heteroatoms. The molecule has 0 bridgehead atoms. The second-order valence-electron chi connectivity index (χ2n) is 5.27. The third kappa shape index (κ3) is 6.14. The number of guanidine groups is 1. The quantitative estimate of drug-likeness (QED) is 0.540. The first-order valence-electron chi connectivity index (χ1n) is 8.07. The molecule has 0 aliphatic carbocycles. The van der Waals surface area contributed by atoms with E-state index in [1.165, 1.54) is 13.2 Å². The summed E-state index contributed by atoms with van der Waals surface area (Å²) in [5.41, 5.74) is 0.506. The predicted molar refractivity (Wildman–Crippen MR) is 98.1 cm³/mol. The molecule has 26 heavy (non-hydrogen) atoms. The number of thiazole rings is 1. The molecule has 0 atom stereocenters. The second kappa shape index (κ2) is 9.91. The second-order valence-corrected chi connectivity index (χ2v) is 6.58. The van der Waals surface area contributed by atoms with Crippen LogP contribution < -0.4 is 20.1 Å². The van der Waals surface area contributed by atoms with Crippen molar-refractivity contribution in [2.45, 2.75) is 33.5 Å². The summed E-state index contributed by atoms with van der Waals surface area (Å²) < 4.78 is 34.9. The maximum absolute atomic E-state index is 12.6. The topological polar surface area (TPSA) is 67.8 Å². The summed E-state index contributed by atoms with van der Waals surface area (Å²) in [5.74, 6) is 1.19. The SMILES string of the molecule is CCNC(=NCc1cc(OC)ccc1OC(F)F)NCc1ncc(C)s1. The van der Waals surface area contributed by atoms with Gasteiger partial charge in [-0.25, -0.2) is 9.98 Å². The van der Waals surface area contributed by atoms with Crippen molar-refractivity contribution in [1.29, 1.82) is 0 Å². The maximum atomic E-state index is 12.6. The molecule has 2 N–H and O–H groups in total. The third-order valence-corrected chi connectivity index (χ3v) is 4.22. The molecule has 0 aliphatic rings. The maximum Gasteiger partial charge on any atom is 0.387 e. The van der Waals surface area contributed by atoms with Crippen LogP contribution in [0.5, 0.6) is 11.5 Å². The van der Waals surface area contributed by atoms with Crippen molar-refractivity contribution in [3.05, 3.63) is 39.8 Å². The highest BCUT2D eigenvalue weighted by molar-refractivity contribution is 7.11. The van der Waals surface area contributed by atoms with Gasteiger partial charge in [-0.2, -0.15) is 8.78 Å². The molecule has 1 aromatic heterocycles. The van der Waals surface area contributed by atoms with Gasteiger partial charge in [-0.05, 0) is 32.0 Å². The average Bonchev–Trinajstić information content (AvgIpc) is 3.03. The van der Waals surface area contributed by atoms with Crippen molar-refractivity contribution >= 4 is 17.3 Å². The van der Waals surface area contributed by atoms with Gasteiger partial charge in [-0.3, -0.25) is 0 Å². The molecule has 0 amide bonds. The Morgan fingerprint density at radius 3 is 2.77 bits per heavy atom. The van der Waals surface area contributed by atoms with Gasteiger partial charge in [0.05, 0.1) is 20.2 Å². The zero-order valence-electron chi connectivity index (χ0n) is 14.9. The van der Waals surface area contributed by atoms with Gasteiger partial charge in [0.2, 0.25) is 0 Å². The largest absolute Gasteiger partial charge is 0.497 e. The van der Waals surface area contributed by atoms with E-state index >= 15 is 0 Å². The van der Waals surface area contributed by atoms with Crippen LogP contribution in [0.4, 0.5) is 8.78 Å². The minimum Gasteiger partial charge on any atom is -0.497 e. The number of aliphatic imine (C=N–C) groups is 1. The minimum atomic E-state index is -2.90. The summed E-state index contributed by atoms with van der Waals surface area (Å²) in [6.07, 6.45) is 1.82. The van der Waals surface area contributed by atoms with E-state index in [1.54, 1.807) is 23.5 Å².